The molecule has 0 aliphatic carbocycles. The highest BCUT2D eigenvalue weighted by molar-refractivity contribution is 5.76. The summed E-state index contributed by atoms with van der Waals surface area (Å²) in [5.41, 5.74) is 2.49. The molecule has 0 fully saturated rings. The van der Waals surface area contributed by atoms with Gasteiger partial charge in [0.1, 0.15) is 23.0 Å². The molecule has 0 saturated heterocycles. The van der Waals surface area contributed by atoms with Crippen LogP contribution in [0.4, 0.5) is 10.2 Å². The van der Waals surface area contributed by atoms with E-state index in [1.807, 2.05) is 28.8 Å². The Morgan fingerprint density at radius 2 is 1.76 bits per heavy atom. The second-order valence-electron chi connectivity index (χ2n) is 6.12. The van der Waals surface area contributed by atoms with E-state index in [2.05, 4.69) is 31.1 Å². The summed E-state index contributed by atoms with van der Waals surface area (Å²) in [6, 6.07) is 12.3. The van der Waals surface area contributed by atoms with Crippen molar-refractivity contribution >= 4 is 11.5 Å². The first kappa shape index (κ1) is 13.6. The van der Waals surface area contributed by atoms with Crippen LogP contribution in [0.25, 0.3) is 16.9 Å². The van der Waals surface area contributed by atoms with Gasteiger partial charge in [-0.15, -0.1) is 0 Å². The quantitative estimate of drug-likeness (QED) is 0.757. The van der Waals surface area contributed by atoms with Gasteiger partial charge >= 0.3 is 0 Å². The Morgan fingerprint density at radius 1 is 1.05 bits per heavy atom. The molecule has 0 amide bonds. The number of fused-ring (bicyclic) bond motifs is 1. The van der Waals surface area contributed by atoms with Gasteiger partial charge in [-0.25, -0.2) is 9.37 Å². The average molecular weight is 283 g/mol. The van der Waals surface area contributed by atoms with Gasteiger partial charge in [0.2, 0.25) is 0 Å². The molecule has 2 heterocycles. The van der Waals surface area contributed by atoms with Crippen LogP contribution in [0.3, 0.4) is 0 Å². The lowest BCUT2D eigenvalue weighted by Gasteiger charge is -2.22. The van der Waals surface area contributed by atoms with Crippen LogP contribution < -0.4 is 5.32 Å². The predicted molar refractivity (Wildman–Crippen MR) is 84.0 cm³/mol. The molecule has 0 saturated carbocycles. The Hall–Kier alpha value is -2.36. The van der Waals surface area contributed by atoms with Crippen molar-refractivity contribution in [3.63, 3.8) is 0 Å². The number of imidazole rings is 1. The van der Waals surface area contributed by atoms with Gasteiger partial charge in [0, 0.05) is 17.3 Å². The molecule has 0 spiro atoms. The molecule has 108 valence electrons. The highest BCUT2D eigenvalue weighted by Crippen LogP contribution is 2.30. The van der Waals surface area contributed by atoms with E-state index < -0.39 is 0 Å². The van der Waals surface area contributed by atoms with Gasteiger partial charge in [-0.05, 0) is 57.2 Å². The molecule has 0 radical (unpaired) electrons. The van der Waals surface area contributed by atoms with Crippen LogP contribution >= 0.6 is 0 Å². The SMILES string of the molecule is CC(C)(C)Nc1c(-c2ccc(F)cc2)nc2ccccn12. The van der Waals surface area contributed by atoms with E-state index >= 15 is 0 Å². The summed E-state index contributed by atoms with van der Waals surface area (Å²) in [7, 11) is 0. The fourth-order valence-corrected chi connectivity index (χ4v) is 2.28. The minimum atomic E-state index is -0.243. The van der Waals surface area contributed by atoms with E-state index in [-0.39, 0.29) is 11.4 Å². The van der Waals surface area contributed by atoms with Gasteiger partial charge in [-0.2, -0.15) is 0 Å². The van der Waals surface area contributed by atoms with Crippen LogP contribution in [-0.2, 0) is 0 Å². The van der Waals surface area contributed by atoms with E-state index in [9.17, 15) is 4.39 Å². The van der Waals surface area contributed by atoms with Crippen LogP contribution in [0, 0.1) is 5.82 Å². The topological polar surface area (TPSA) is 29.3 Å². The molecule has 3 nitrogen and oxygen atoms in total. The van der Waals surface area contributed by atoms with Gasteiger partial charge < -0.3 is 5.32 Å². The number of benzene rings is 1. The van der Waals surface area contributed by atoms with Gasteiger partial charge in [-0.3, -0.25) is 4.40 Å². The van der Waals surface area contributed by atoms with Crippen molar-refractivity contribution < 1.29 is 4.39 Å². The van der Waals surface area contributed by atoms with E-state index in [1.54, 1.807) is 12.1 Å². The molecule has 0 aliphatic heterocycles. The first-order valence-corrected chi connectivity index (χ1v) is 6.95. The van der Waals surface area contributed by atoms with Crippen molar-refractivity contribution in [2.75, 3.05) is 5.32 Å². The summed E-state index contributed by atoms with van der Waals surface area (Å²) in [4.78, 5) is 4.67. The highest BCUT2D eigenvalue weighted by Gasteiger charge is 2.18. The smallest absolute Gasteiger partial charge is 0.139 e. The molecule has 0 aliphatic rings. The zero-order valence-electron chi connectivity index (χ0n) is 12.4. The van der Waals surface area contributed by atoms with Crippen molar-refractivity contribution in [3.05, 3.63) is 54.5 Å². The van der Waals surface area contributed by atoms with E-state index in [1.165, 1.54) is 12.1 Å². The van der Waals surface area contributed by atoms with E-state index in [0.717, 1.165) is 22.7 Å². The molecule has 3 aromatic rings. The maximum absolute atomic E-state index is 13.1. The Bertz CT molecular complexity index is 767. The molecule has 4 heteroatoms. The van der Waals surface area contributed by atoms with Gasteiger partial charge in [0.15, 0.2) is 0 Å². The normalized spacial score (nSPS) is 11.8. The second-order valence-corrected chi connectivity index (χ2v) is 6.12. The first-order valence-electron chi connectivity index (χ1n) is 6.95. The van der Waals surface area contributed by atoms with Crippen molar-refractivity contribution in [2.24, 2.45) is 0 Å². The third-order valence-corrected chi connectivity index (χ3v) is 3.14. The molecule has 0 bridgehead atoms. The Kier molecular flexibility index (Phi) is 3.16. The third kappa shape index (κ3) is 2.75. The van der Waals surface area contributed by atoms with Crippen molar-refractivity contribution in [1.29, 1.82) is 0 Å². The molecular formula is C17H18FN3. The lowest BCUT2D eigenvalue weighted by atomic mass is 10.1. The standard InChI is InChI=1S/C17H18FN3/c1-17(2,3)20-16-15(12-7-9-13(18)10-8-12)19-14-6-4-5-11-21(14)16/h4-11,20H,1-3H3. The largest absolute Gasteiger partial charge is 0.365 e. The molecule has 1 aromatic carbocycles. The number of anilines is 1. The molecule has 21 heavy (non-hydrogen) atoms. The Balaban J connectivity index is 2.21. The number of nitrogens with one attached hydrogen (secondary N) is 1. The first-order chi connectivity index (χ1) is 9.94. The molecular weight excluding hydrogens is 265 g/mol. The molecule has 0 atom stereocenters. The summed E-state index contributed by atoms with van der Waals surface area (Å²) in [6.45, 7) is 6.30. The number of nitrogens with zero attached hydrogens (tertiary/aromatic N) is 2. The minimum absolute atomic E-state index is 0.0966. The highest BCUT2D eigenvalue weighted by atomic mass is 19.1. The predicted octanol–water partition coefficient (Wildman–Crippen LogP) is 4.35. The zero-order chi connectivity index (χ0) is 15.0. The number of hydrogen-bond acceptors (Lipinski definition) is 2. The Morgan fingerprint density at radius 3 is 2.43 bits per heavy atom. The number of rotatable bonds is 2. The van der Waals surface area contributed by atoms with Crippen molar-refractivity contribution in [2.45, 2.75) is 26.3 Å². The number of pyridine rings is 1. The maximum Gasteiger partial charge on any atom is 0.139 e. The van der Waals surface area contributed by atoms with Crippen molar-refractivity contribution in [1.82, 2.24) is 9.38 Å². The summed E-state index contributed by atoms with van der Waals surface area (Å²) in [6.07, 6.45) is 1.98. The zero-order valence-corrected chi connectivity index (χ0v) is 12.4. The lowest BCUT2D eigenvalue weighted by Crippen LogP contribution is -2.27. The third-order valence-electron chi connectivity index (χ3n) is 3.14. The number of hydrogen-bond donors (Lipinski definition) is 1. The Labute approximate surface area is 123 Å². The van der Waals surface area contributed by atoms with Crippen molar-refractivity contribution in [3.8, 4) is 11.3 Å². The monoisotopic (exact) mass is 283 g/mol. The van der Waals surface area contributed by atoms with E-state index in [0.29, 0.717) is 0 Å². The fraction of sp³-hybridized carbons (Fsp3) is 0.235. The minimum Gasteiger partial charge on any atom is -0.365 e. The lowest BCUT2D eigenvalue weighted by molar-refractivity contribution is 0.627. The van der Waals surface area contributed by atoms with Crippen LogP contribution in [-0.4, -0.2) is 14.9 Å². The van der Waals surface area contributed by atoms with Gasteiger partial charge in [0.25, 0.3) is 0 Å². The van der Waals surface area contributed by atoms with Crippen LogP contribution in [0.15, 0.2) is 48.7 Å². The second kappa shape index (κ2) is 4.88. The van der Waals surface area contributed by atoms with Gasteiger partial charge in [0.05, 0.1) is 0 Å². The molecule has 1 N–H and O–H groups in total. The summed E-state index contributed by atoms with van der Waals surface area (Å²) >= 11 is 0. The molecule has 3 rings (SSSR count). The van der Waals surface area contributed by atoms with Crippen LogP contribution in [0.1, 0.15) is 20.8 Å². The van der Waals surface area contributed by atoms with E-state index in [4.69, 9.17) is 0 Å². The average Bonchev–Trinajstić information content (AvgIpc) is 2.77. The van der Waals surface area contributed by atoms with Gasteiger partial charge in [-0.1, -0.05) is 6.07 Å². The maximum atomic E-state index is 13.1. The van der Waals surface area contributed by atoms with Crippen LogP contribution in [0.5, 0.6) is 0 Å². The molecule has 2 aromatic heterocycles. The number of halogens is 1. The fourth-order valence-electron chi connectivity index (χ4n) is 2.28. The number of aromatic nitrogens is 2. The molecule has 0 unspecified atom stereocenters. The summed E-state index contributed by atoms with van der Waals surface area (Å²) in [5.74, 6) is 0.678. The summed E-state index contributed by atoms with van der Waals surface area (Å²) in [5, 5.41) is 3.49. The van der Waals surface area contributed by atoms with Crippen LogP contribution in [0.2, 0.25) is 0 Å². The summed E-state index contributed by atoms with van der Waals surface area (Å²) < 4.78 is 15.2.